The van der Waals surface area contributed by atoms with Crippen molar-refractivity contribution in [2.75, 3.05) is 5.32 Å². The maximum atomic E-state index is 12.6. The number of allylic oxidation sites excluding steroid dienone is 2. The third-order valence-electron chi connectivity index (χ3n) is 5.28. The molecule has 120 valence electrons. The molecule has 25 heavy (non-hydrogen) atoms. The van der Waals surface area contributed by atoms with Crippen molar-refractivity contribution in [2.24, 2.45) is 4.99 Å². The van der Waals surface area contributed by atoms with E-state index in [0.717, 1.165) is 38.3 Å². The number of nitrogens with zero attached hydrogens (tertiary/aromatic N) is 1. The molecule has 2 aromatic rings. The van der Waals surface area contributed by atoms with E-state index < -0.39 is 0 Å². The Balaban J connectivity index is 1.90. The molecule has 0 bridgehead atoms. The second-order valence-electron chi connectivity index (χ2n) is 6.53. The zero-order valence-corrected chi connectivity index (χ0v) is 13.0. The highest BCUT2D eigenvalue weighted by Gasteiger charge is 2.37. The highest BCUT2D eigenvalue weighted by atomic mass is 16.2. The first kappa shape index (κ1) is 12.9. The molecule has 1 atom stereocenters. The molecule has 4 aliphatic rings. The third kappa shape index (κ3) is 1.43. The molecule has 6 heteroatoms. The number of benzene rings is 1. The van der Waals surface area contributed by atoms with Gasteiger partial charge in [0.15, 0.2) is 0 Å². The van der Waals surface area contributed by atoms with Crippen LogP contribution in [0, 0.1) is 0 Å². The quantitative estimate of drug-likeness (QED) is 0.615. The molecule has 1 unspecified atom stereocenters. The van der Waals surface area contributed by atoms with E-state index in [1.165, 1.54) is 0 Å². The van der Waals surface area contributed by atoms with Gasteiger partial charge in [0, 0.05) is 27.7 Å². The van der Waals surface area contributed by atoms with E-state index in [9.17, 15) is 9.59 Å². The Bertz CT molecular complexity index is 1260. The Labute approximate surface area is 141 Å². The molecule has 0 radical (unpaired) electrons. The Morgan fingerprint density at radius 1 is 1.12 bits per heavy atom. The summed E-state index contributed by atoms with van der Waals surface area (Å²) in [5.74, 6) is -0.655. The van der Waals surface area contributed by atoms with Crippen LogP contribution in [0.5, 0.6) is 0 Å². The van der Waals surface area contributed by atoms with Gasteiger partial charge in [-0.2, -0.15) is 0 Å². The molecule has 0 fully saturated rings. The number of fused-ring (bicyclic) bond motifs is 9. The molecule has 1 aromatic carbocycles. The summed E-state index contributed by atoms with van der Waals surface area (Å²) < 4.78 is 0. The van der Waals surface area contributed by atoms with Crippen LogP contribution in [0.1, 0.15) is 26.3 Å². The summed E-state index contributed by atoms with van der Waals surface area (Å²) in [4.78, 5) is 32.9. The number of rotatable bonds is 0. The van der Waals surface area contributed by atoms with Crippen LogP contribution >= 0.6 is 0 Å². The van der Waals surface area contributed by atoms with E-state index in [-0.39, 0.29) is 17.9 Å². The first-order valence-electron chi connectivity index (χ1n) is 8.16. The highest BCUT2D eigenvalue weighted by Crippen LogP contribution is 2.35. The number of imide groups is 1. The summed E-state index contributed by atoms with van der Waals surface area (Å²) in [6.45, 7) is 0.498. The van der Waals surface area contributed by atoms with Gasteiger partial charge in [-0.25, -0.2) is 0 Å². The number of aromatic nitrogens is 1. The average molecular weight is 328 g/mol. The van der Waals surface area contributed by atoms with Crippen molar-refractivity contribution in [3.63, 3.8) is 0 Å². The predicted octanol–water partition coefficient (Wildman–Crippen LogP) is 0.487. The largest absolute Gasteiger partial charge is 0.372 e. The molecule has 0 saturated carbocycles. The number of carbonyl (C=O) groups is 2. The lowest BCUT2D eigenvalue weighted by molar-refractivity contribution is 0.0880. The van der Waals surface area contributed by atoms with Crippen molar-refractivity contribution in [3.05, 3.63) is 51.6 Å². The minimum Gasteiger partial charge on any atom is -0.372 e. The fourth-order valence-corrected chi connectivity index (χ4v) is 4.28. The summed E-state index contributed by atoms with van der Waals surface area (Å²) in [5.41, 5.74) is 4.70. The lowest BCUT2D eigenvalue weighted by Gasteiger charge is -2.11. The van der Waals surface area contributed by atoms with Gasteiger partial charge < -0.3 is 10.3 Å². The molecular formula is C19H12N4O2. The Hall–Kier alpha value is -3.41. The van der Waals surface area contributed by atoms with Crippen molar-refractivity contribution in [1.82, 2.24) is 10.3 Å². The number of hydrogen-bond acceptors (Lipinski definition) is 4. The van der Waals surface area contributed by atoms with Gasteiger partial charge in [0.05, 0.1) is 34.9 Å². The highest BCUT2D eigenvalue weighted by molar-refractivity contribution is 6.29. The van der Waals surface area contributed by atoms with Gasteiger partial charge in [0.1, 0.15) is 0 Å². The number of anilines is 1. The fraction of sp³-hybridized carbons (Fsp3) is 0.105. The topological polar surface area (TPSA) is 86.3 Å². The third-order valence-corrected chi connectivity index (χ3v) is 5.28. The predicted molar refractivity (Wildman–Crippen MR) is 95.1 cm³/mol. The van der Waals surface area contributed by atoms with E-state index in [1.54, 1.807) is 6.21 Å². The van der Waals surface area contributed by atoms with E-state index >= 15 is 0 Å². The van der Waals surface area contributed by atoms with Crippen LogP contribution in [0.3, 0.4) is 0 Å². The van der Waals surface area contributed by atoms with Crippen molar-refractivity contribution in [2.45, 2.75) is 12.6 Å². The normalized spacial score (nSPS) is 21.6. The van der Waals surface area contributed by atoms with Crippen LogP contribution in [0.4, 0.5) is 5.69 Å². The second-order valence-corrected chi connectivity index (χ2v) is 6.53. The minimum atomic E-state index is -0.330. The minimum absolute atomic E-state index is 0.0127. The zero-order valence-electron chi connectivity index (χ0n) is 13.0. The maximum Gasteiger partial charge on any atom is 0.259 e. The van der Waals surface area contributed by atoms with E-state index in [1.807, 2.05) is 24.3 Å². The molecule has 4 heterocycles. The number of aromatic amines is 1. The summed E-state index contributed by atoms with van der Waals surface area (Å²) in [6, 6.07) is 0.0127. The van der Waals surface area contributed by atoms with E-state index in [0.29, 0.717) is 17.7 Å². The number of H-pyrrole nitrogens is 1. The number of aliphatic imine (C=N–C) groups is 1. The monoisotopic (exact) mass is 328 g/mol. The molecular weight excluding hydrogens is 316 g/mol. The Kier molecular flexibility index (Phi) is 2.15. The standard InChI is InChI=1S/C19H12N4O2/c24-18-14-12-8-3-1-2-4-10(8)21-16(12)17-13(15(14)19(25)23-18)9-7-20-6-5-11(9)22-17/h1-6,10,21-22H,7H2,(H,23,24,25). The van der Waals surface area contributed by atoms with Gasteiger partial charge in [-0.1, -0.05) is 24.3 Å². The van der Waals surface area contributed by atoms with Crippen LogP contribution < -0.4 is 21.2 Å². The summed E-state index contributed by atoms with van der Waals surface area (Å²) >= 11 is 0. The Morgan fingerprint density at radius 3 is 2.92 bits per heavy atom. The first-order valence-corrected chi connectivity index (χ1v) is 8.16. The molecule has 2 amide bonds. The second kappa shape index (κ2) is 4.16. The van der Waals surface area contributed by atoms with Gasteiger partial charge in [-0.05, 0) is 11.6 Å². The van der Waals surface area contributed by atoms with Crippen molar-refractivity contribution >= 4 is 46.3 Å². The smallest absolute Gasteiger partial charge is 0.259 e. The average Bonchev–Trinajstić information content (AvgIpc) is 3.26. The van der Waals surface area contributed by atoms with Crippen LogP contribution in [0.15, 0.2) is 29.3 Å². The number of carbonyl (C=O) groups excluding carboxylic acids is 2. The summed E-state index contributed by atoms with van der Waals surface area (Å²) in [6.07, 6.45) is 11.7. The van der Waals surface area contributed by atoms with Gasteiger partial charge >= 0.3 is 0 Å². The van der Waals surface area contributed by atoms with Gasteiger partial charge in [0.2, 0.25) is 0 Å². The number of hydrogen-bond donors (Lipinski definition) is 3. The molecule has 3 N–H and O–H groups in total. The van der Waals surface area contributed by atoms with Gasteiger partial charge in [-0.3, -0.25) is 19.9 Å². The molecule has 1 aromatic heterocycles. The van der Waals surface area contributed by atoms with Crippen LogP contribution in [-0.2, 0) is 6.54 Å². The van der Waals surface area contributed by atoms with E-state index in [2.05, 4.69) is 26.7 Å². The number of nitrogens with one attached hydrogen (secondary N) is 3. The van der Waals surface area contributed by atoms with Crippen molar-refractivity contribution in [3.8, 4) is 0 Å². The summed E-state index contributed by atoms with van der Waals surface area (Å²) in [7, 11) is 0. The SMILES string of the molecule is O=C1NC(=O)c2c1c1c(c3[nH]c4c(c23)CN=CC=4)NC2C=CC=CC=12. The van der Waals surface area contributed by atoms with Crippen molar-refractivity contribution < 1.29 is 9.59 Å². The zero-order chi connectivity index (χ0) is 16.7. The van der Waals surface area contributed by atoms with Gasteiger partial charge in [-0.15, -0.1) is 0 Å². The van der Waals surface area contributed by atoms with Crippen LogP contribution in [0.25, 0.3) is 22.6 Å². The molecule has 6 rings (SSSR count). The molecule has 1 aliphatic carbocycles. The Morgan fingerprint density at radius 2 is 2.00 bits per heavy atom. The molecule has 0 saturated heterocycles. The molecule has 0 spiro atoms. The fourth-order valence-electron chi connectivity index (χ4n) is 4.28. The lowest BCUT2D eigenvalue weighted by Crippen LogP contribution is -2.23. The van der Waals surface area contributed by atoms with Crippen LogP contribution in [-0.4, -0.2) is 29.1 Å². The maximum absolute atomic E-state index is 12.6. The summed E-state index contributed by atoms with van der Waals surface area (Å²) in [5, 5.41) is 8.55. The van der Waals surface area contributed by atoms with Crippen molar-refractivity contribution in [1.29, 1.82) is 0 Å². The first-order chi connectivity index (χ1) is 12.2. The molecule has 3 aliphatic heterocycles. The molecule has 6 nitrogen and oxygen atoms in total. The number of amides is 2. The van der Waals surface area contributed by atoms with Crippen LogP contribution in [0.2, 0.25) is 0 Å². The van der Waals surface area contributed by atoms with Gasteiger partial charge in [0.25, 0.3) is 11.8 Å². The lowest BCUT2D eigenvalue weighted by atomic mass is 9.94. The van der Waals surface area contributed by atoms with E-state index in [4.69, 9.17) is 0 Å².